The Morgan fingerprint density at radius 3 is 2.73 bits per heavy atom. The van der Waals surface area contributed by atoms with Crippen molar-refractivity contribution in [3.05, 3.63) is 15.6 Å². The summed E-state index contributed by atoms with van der Waals surface area (Å²) in [5.41, 5.74) is 0.873. The fourth-order valence-corrected chi connectivity index (χ4v) is 2.34. The summed E-state index contributed by atoms with van der Waals surface area (Å²) in [6.45, 7) is 7.63. The van der Waals surface area contributed by atoms with Crippen LogP contribution in [0.4, 0.5) is 0 Å². The van der Waals surface area contributed by atoms with Gasteiger partial charge in [-0.3, -0.25) is 4.79 Å². The smallest absolute Gasteiger partial charge is 0.171 e. The van der Waals surface area contributed by atoms with Crippen LogP contribution in [0, 0.1) is 6.92 Å². The number of thiazole rings is 1. The standard InChI is InChI=1S/C11H18N2OS/c1-4-6-12-7-5-10-13-8(2)11(15-10)9(3)14/h12H,4-7H2,1-3H3. The third-order valence-electron chi connectivity index (χ3n) is 2.10. The number of Topliss-reactive ketones (excluding diaryl/α,β-unsaturated/α-hetero) is 1. The predicted octanol–water partition coefficient (Wildman–Crippen LogP) is 2.20. The fourth-order valence-electron chi connectivity index (χ4n) is 1.38. The first-order chi connectivity index (χ1) is 7.15. The van der Waals surface area contributed by atoms with Crippen molar-refractivity contribution in [1.29, 1.82) is 0 Å². The third-order valence-corrected chi connectivity index (χ3v) is 3.42. The number of carbonyl (C=O) groups is 1. The first kappa shape index (κ1) is 12.3. The highest BCUT2D eigenvalue weighted by Crippen LogP contribution is 2.18. The average Bonchev–Trinajstić information content (AvgIpc) is 2.55. The van der Waals surface area contributed by atoms with Crippen molar-refractivity contribution in [2.75, 3.05) is 13.1 Å². The molecule has 15 heavy (non-hydrogen) atoms. The molecule has 0 amide bonds. The van der Waals surface area contributed by atoms with Gasteiger partial charge in [0, 0.05) is 19.9 Å². The van der Waals surface area contributed by atoms with Crippen molar-refractivity contribution in [3.8, 4) is 0 Å². The van der Waals surface area contributed by atoms with Crippen LogP contribution in [-0.2, 0) is 6.42 Å². The molecule has 1 heterocycles. The molecule has 0 saturated carbocycles. The Kier molecular flexibility index (Phi) is 4.91. The van der Waals surface area contributed by atoms with Gasteiger partial charge in [-0.05, 0) is 19.9 Å². The Morgan fingerprint density at radius 1 is 1.47 bits per heavy atom. The monoisotopic (exact) mass is 226 g/mol. The third kappa shape index (κ3) is 3.72. The van der Waals surface area contributed by atoms with Crippen LogP contribution in [0.5, 0.6) is 0 Å². The van der Waals surface area contributed by atoms with Gasteiger partial charge in [-0.25, -0.2) is 4.98 Å². The topological polar surface area (TPSA) is 42.0 Å². The molecule has 1 aromatic rings. The SMILES string of the molecule is CCCNCCc1nc(C)c(C(C)=O)s1. The lowest BCUT2D eigenvalue weighted by atomic mass is 10.3. The molecule has 1 aromatic heterocycles. The molecule has 0 radical (unpaired) electrons. The summed E-state index contributed by atoms with van der Waals surface area (Å²) in [6, 6.07) is 0. The van der Waals surface area contributed by atoms with E-state index in [1.807, 2.05) is 6.92 Å². The number of nitrogens with one attached hydrogen (secondary N) is 1. The summed E-state index contributed by atoms with van der Waals surface area (Å²) in [5.74, 6) is 0.123. The molecule has 0 fully saturated rings. The van der Waals surface area contributed by atoms with Crippen LogP contribution in [0.2, 0.25) is 0 Å². The van der Waals surface area contributed by atoms with Gasteiger partial charge in [-0.1, -0.05) is 6.92 Å². The highest BCUT2D eigenvalue weighted by molar-refractivity contribution is 7.13. The average molecular weight is 226 g/mol. The van der Waals surface area contributed by atoms with E-state index in [1.54, 1.807) is 6.92 Å². The van der Waals surface area contributed by atoms with Crippen LogP contribution in [-0.4, -0.2) is 23.9 Å². The quantitative estimate of drug-likeness (QED) is 0.597. The van der Waals surface area contributed by atoms with E-state index < -0.39 is 0 Å². The molecule has 84 valence electrons. The van der Waals surface area contributed by atoms with Crippen molar-refractivity contribution >= 4 is 17.1 Å². The Bertz CT molecular complexity index is 333. The van der Waals surface area contributed by atoms with Crippen molar-refractivity contribution in [3.63, 3.8) is 0 Å². The van der Waals surface area contributed by atoms with Crippen molar-refractivity contribution < 1.29 is 4.79 Å². The number of carbonyl (C=O) groups excluding carboxylic acids is 1. The number of rotatable bonds is 6. The van der Waals surface area contributed by atoms with Gasteiger partial charge in [0.15, 0.2) is 5.78 Å². The van der Waals surface area contributed by atoms with Gasteiger partial charge < -0.3 is 5.32 Å². The maximum Gasteiger partial charge on any atom is 0.171 e. The molecule has 3 nitrogen and oxygen atoms in total. The minimum atomic E-state index is 0.123. The summed E-state index contributed by atoms with van der Waals surface area (Å²) in [5, 5.41) is 4.38. The zero-order chi connectivity index (χ0) is 11.3. The first-order valence-electron chi connectivity index (χ1n) is 5.33. The summed E-state index contributed by atoms with van der Waals surface area (Å²) < 4.78 is 0. The van der Waals surface area contributed by atoms with Crippen LogP contribution in [0.15, 0.2) is 0 Å². The zero-order valence-electron chi connectivity index (χ0n) is 9.59. The molecule has 1 rings (SSSR count). The molecule has 0 saturated heterocycles. The van der Waals surface area contributed by atoms with Gasteiger partial charge in [-0.2, -0.15) is 0 Å². The van der Waals surface area contributed by atoms with E-state index in [0.29, 0.717) is 0 Å². The Hall–Kier alpha value is -0.740. The molecule has 0 atom stereocenters. The Labute approximate surface area is 94.9 Å². The molecule has 0 aromatic carbocycles. The van der Waals surface area contributed by atoms with Gasteiger partial charge in [-0.15, -0.1) is 11.3 Å². The van der Waals surface area contributed by atoms with E-state index in [4.69, 9.17) is 0 Å². The molecular formula is C11H18N2OS. The van der Waals surface area contributed by atoms with Crippen LogP contribution >= 0.6 is 11.3 Å². The van der Waals surface area contributed by atoms with Crippen LogP contribution in [0.25, 0.3) is 0 Å². The highest BCUT2D eigenvalue weighted by atomic mass is 32.1. The Morgan fingerprint density at radius 2 is 2.20 bits per heavy atom. The first-order valence-corrected chi connectivity index (χ1v) is 6.14. The molecule has 0 unspecified atom stereocenters. The summed E-state index contributed by atoms with van der Waals surface area (Å²) >= 11 is 1.52. The second-order valence-corrected chi connectivity index (χ2v) is 4.66. The molecular weight excluding hydrogens is 208 g/mol. The molecule has 0 aliphatic carbocycles. The number of aryl methyl sites for hydroxylation is 1. The zero-order valence-corrected chi connectivity index (χ0v) is 10.4. The van der Waals surface area contributed by atoms with Crippen LogP contribution in [0.3, 0.4) is 0 Å². The minimum Gasteiger partial charge on any atom is -0.316 e. The number of hydrogen-bond acceptors (Lipinski definition) is 4. The molecule has 0 aliphatic rings. The lowest BCUT2D eigenvalue weighted by molar-refractivity contribution is 0.102. The van der Waals surface area contributed by atoms with Crippen molar-refractivity contribution in [2.45, 2.75) is 33.6 Å². The van der Waals surface area contributed by atoms with Crippen molar-refractivity contribution in [1.82, 2.24) is 10.3 Å². The van der Waals surface area contributed by atoms with Crippen LogP contribution in [0.1, 0.15) is 40.6 Å². The largest absolute Gasteiger partial charge is 0.316 e. The summed E-state index contributed by atoms with van der Waals surface area (Å²) in [7, 11) is 0. The second-order valence-electron chi connectivity index (χ2n) is 3.58. The molecule has 0 spiro atoms. The van der Waals surface area contributed by atoms with Crippen molar-refractivity contribution in [2.24, 2.45) is 0 Å². The van der Waals surface area contributed by atoms with Gasteiger partial charge in [0.2, 0.25) is 0 Å². The maximum absolute atomic E-state index is 11.2. The maximum atomic E-state index is 11.2. The van der Waals surface area contributed by atoms with Gasteiger partial charge >= 0.3 is 0 Å². The number of hydrogen-bond donors (Lipinski definition) is 1. The number of ketones is 1. The Balaban J connectivity index is 2.48. The van der Waals surface area contributed by atoms with E-state index in [-0.39, 0.29) is 5.78 Å². The summed E-state index contributed by atoms with van der Waals surface area (Å²) in [6.07, 6.45) is 2.06. The molecule has 1 N–H and O–H groups in total. The van der Waals surface area contributed by atoms with E-state index in [9.17, 15) is 4.79 Å². The highest BCUT2D eigenvalue weighted by Gasteiger charge is 2.10. The van der Waals surface area contributed by atoms with E-state index in [1.165, 1.54) is 11.3 Å². The van der Waals surface area contributed by atoms with Gasteiger partial charge in [0.1, 0.15) is 0 Å². The fraction of sp³-hybridized carbons (Fsp3) is 0.636. The summed E-state index contributed by atoms with van der Waals surface area (Å²) in [4.78, 5) is 16.4. The second kappa shape index (κ2) is 5.98. The molecule has 0 bridgehead atoms. The lowest BCUT2D eigenvalue weighted by Crippen LogP contribution is -2.17. The molecule has 4 heteroatoms. The van der Waals surface area contributed by atoms with Gasteiger partial charge in [0.25, 0.3) is 0 Å². The number of aromatic nitrogens is 1. The van der Waals surface area contributed by atoms with Crippen LogP contribution < -0.4 is 5.32 Å². The van der Waals surface area contributed by atoms with E-state index >= 15 is 0 Å². The van der Waals surface area contributed by atoms with Gasteiger partial charge in [0.05, 0.1) is 15.6 Å². The lowest BCUT2D eigenvalue weighted by Gasteiger charge is -1.99. The normalized spacial score (nSPS) is 10.6. The minimum absolute atomic E-state index is 0.123. The van der Waals surface area contributed by atoms with E-state index in [2.05, 4.69) is 17.2 Å². The molecule has 0 aliphatic heterocycles. The number of nitrogens with zero attached hydrogens (tertiary/aromatic N) is 1. The van der Waals surface area contributed by atoms with E-state index in [0.717, 1.165) is 41.5 Å². The predicted molar refractivity (Wildman–Crippen MR) is 63.7 cm³/mol.